The van der Waals surface area contributed by atoms with E-state index in [0.717, 1.165) is 37.1 Å². The Balaban J connectivity index is 1.79. The normalized spacial score (nSPS) is 22.7. The summed E-state index contributed by atoms with van der Waals surface area (Å²) in [5, 5.41) is 0. The highest BCUT2D eigenvalue weighted by atomic mass is 16.6. The van der Waals surface area contributed by atoms with Crippen LogP contribution in [0.25, 0.3) is 0 Å². The zero-order valence-electron chi connectivity index (χ0n) is 12.8. The number of nitrogens with zero attached hydrogens (tertiary/aromatic N) is 1. The quantitative estimate of drug-likeness (QED) is 0.869. The van der Waals surface area contributed by atoms with Gasteiger partial charge in [-0.1, -0.05) is 6.92 Å². The highest BCUT2D eigenvalue weighted by molar-refractivity contribution is 5.20. The fourth-order valence-electron chi connectivity index (χ4n) is 2.41. The zero-order valence-corrected chi connectivity index (χ0v) is 12.8. The van der Waals surface area contributed by atoms with Crippen molar-refractivity contribution in [2.24, 2.45) is 5.73 Å². The molecule has 4 nitrogen and oxygen atoms in total. The Morgan fingerprint density at radius 2 is 2.30 bits per heavy atom. The number of aromatic nitrogens is 1. The Bertz CT molecular complexity index is 417. The second-order valence-electron chi connectivity index (χ2n) is 6.21. The molecule has 0 spiro atoms. The molecule has 0 aliphatic carbocycles. The van der Waals surface area contributed by atoms with E-state index in [-0.39, 0.29) is 17.7 Å². The minimum absolute atomic E-state index is 0.00751. The summed E-state index contributed by atoms with van der Waals surface area (Å²) in [5.74, 6) is 0.798. The molecule has 2 N–H and O–H groups in total. The maximum absolute atomic E-state index is 5.92. The number of pyridine rings is 1. The third-order valence-corrected chi connectivity index (χ3v) is 3.78. The fraction of sp³-hybridized carbons (Fsp3) is 0.688. The summed E-state index contributed by atoms with van der Waals surface area (Å²) in [4.78, 5) is 4.39. The monoisotopic (exact) mass is 278 g/mol. The second-order valence-corrected chi connectivity index (χ2v) is 6.21. The summed E-state index contributed by atoms with van der Waals surface area (Å²) in [6, 6.07) is 4.14. The van der Waals surface area contributed by atoms with Gasteiger partial charge >= 0.3 is 0 Å². The maximum Gasteiger partial charge on any atom is 0.137 e. The Morgan fingerprint density at radius 1 is 1.50 bits per heavy atom. The average Bonchev–Trinajstić information content (AvgIpc) is 2.77. The first-order chi connectivity index (χ1) is 9.48. The molecule has 1 aliphatic heterocycles. The van der Waals surface area contributed by atoms with Crippen LogP contribution in [0.1, 0.15) is 45.7 Å². The molecule has 20 heavy (non-hydrogen) atoms. The summed E-state index contributed by atoms with van der Waals surface area (Å²) in [7, 11) is 0. The van der Waals surface area contributed by atoms with Crippen LogP contribution in [-0.4, -0.2) is 29.3 Å². The van der Waals surface area contributed by atoms with Crippen molar-refractivity contribution in [3.63, 3.8) is 0 Å². The van der Waals surface area contributed by atoms with Gasteiger partial charge in [-0.25, -0.2) is 0 Å². The minimum Gasteiger partial charge on any atom is -0.489 e. The third kappa shape index (κ3) is 4.46. The van der Waals surface area contributed by atoms with Crippen molar-refractivity contribution in [1.82, 2.24) is 4.98 Å². The number of nitrogens with two attached hydrogens (primary N) is 1. The van der Waals surface area contributed by atoms with Gasteiger partial charge in [-0.05, 0) is 45.2 Å². The van der Waals surface area contributed by atoms with Gasteiger partial charge in [0.15, 0.2) is 0 Å². The van der Waals surface area contributed by atoms with E-state index in [1.165, 1.54) is 0 Å². The van der Waals surface area contributed by atoms with Gasteiger partial charge in [0, 0.05) is 18.2 Å². The molecule has 1 aromatic heterocycles. The van der Waals surface area contributed by atoms with Crippen molar-refractivity contribution in [3.8, 4) is 5.75 Å². The van der Waals surface area contributed by atoms with E-state index >= 15 is 0 Å². The molecule has 0 aromatic carbocycles. The summed E-state index contributed by atoms with van der Waals surface area (Å²) >= 11 is 0. The molecular weight excluding hydrogens is 252 g/mol. The largest absolute Gasteiger partial charge is 0.489 e. The molecule has 112 valence electrons. The first-order valence-corrected chi connectivity index (χ1v) is 7.49. The summed E-state index contributed by atoms with van der Waals surface area (Å²) < 4.78 is 11.7. The molecular formula is C16H26N2O2. The van der Waals surface area contributed by atoms with Crippen molar-refractivity contribution in [2.75, 3.05) is 6.61 Å². The molecule has 4 heteroatoms. The van der Waals surface area contributed by atoms with Gasteiger partial charge in [-0.2, -0.15) is 0 Å². The third-order valence-electron chi connectivity index (χ3n) is 3.78. The smallest absolute Gasteiger partial charge is 0.137 e. The molecule has 0 radical (unpaired) electrons. The molecule has 0 bridgehead atoms. The topological polar surface area (TPSA) is 57.4 Å². The van der Waals surface area contributed by atoms with E-state index in [9.17, 15) is 0 Å². The molecule has 2 rings (SSSR count). The average molecular weight is 278 g/mol. The lowest BCUT2D eigenvalue weighted by molar-refractivity contribution is -0.0326. The molecule has 2 atom stereocenters. The van der Waals surface area contributed by atoms with Crippen LogP contribution in [0.4, 0.5) is 0 Å². The standard InChI is InChI=1S/C16H26N2O2/c1-4-12(17)9-13-5-6-14(10-18-13)19-11-15-7-8-16(2,3)20-15/h5-6,10,12,15H,4,7-9,11,17H2,1-3H3. The summed E-state index contributed by atoms with van der Waals surface area (Å²) in [6.07, 6.45) is 5.90. The van der Waals surface area contributed by atoms with E-state index in [4.69, 9.17) is 15.2 Å². The zero-order chi connectivity index (χ0) is 14.6. The van der Waals surface area contributed by atoms with Gasteiger partial charge in [-0.15, -0.1) is 0 Å². The van der Waals surface area contributed by atoms with E-state index in [1.54, 1.807) is 6.20 Å². The van der Waals surface area contributed by atoms with Gasteiger partial charge < -0.3 is 15.2 Å². The minimum atomic E-state index is -0.00751. The van der Waals surface area contributed by atoms with Crippen LogP contribution in [0.15, 0.2) is 18.3 Å². The predicted molar refractivity (Wildman–Crippen MR) is 79.9 cm³/mol. The molecule has 0 saturated carbocycles. The van der Waals surface area contributed by atoms with Gasteiger partial charge in [0.05, 0.1) is 17.9 Å². The Labute approximate surface area is 121 Å². The van der Waals surface area contributed by atoms with Crippen molar-refractivity contribution in [2.45, 2.75) is 64.2 Å². The van der Waals surface area contributed by atoms with E-state index in [2.05, 4.69) is 25.8 Å². The van der Waals surface area contributed by atoms with Crippen LogP contribution in [0.2, 0.25) is 0 Å². The van der Waals surface area contributed by atoms with Gasteiger partial charge in [0.25, 0.3) is 0 Å². The Morgan fingerprint density at radius 3 is 2.85 bits per heavy atom. The lowest BCUT2D eigenvalue weighted by atomic mass is 10.1. The first kappa shape index (κ1) is 15.3. The van der Waals surface area contributed by atoms with Crippen molar-refractivity contribution in [1.29, 1.82) is 0 Å². The van der Waals surface area contributed by atoms with E-state index in [0.29, 0.717) is 6.61 Å². The van der Waals surface area contributed by atoms with Gasteiger partial charge in [-0.3, -0.25) is 4.98 Å². The van der Waals surface area contributed by atoms with Crippen LogP contribution >= 0.6 is 0 Å². The fourth-order valence-corrected chi connectivity index (χ4v) is 2.41. The van der Waals surface area contributed by atoms with Crippen molar-refractivity contribution >= 4 is 0 Å². The first-order valence-electron chi connectivity index (χ1n) is 7.49. The predicted octanol–water partition coefficient (Wildman–Crippen LogP) is 2.70. The highest BCUT2D eigenvalue weighted by Crippen LogP contribution is 2.29. The second kappa shape index (κ2) is 6.55. The van der Waals surface area contributed by atoms with Gasteiger partial charge in [0.1, 0.15) is 12.4 Å². The van der Waals surface area contributed by atoms with Gasteiger partial charge in [0.2, 0.25) is 0 Å². The maximum atomic E-state index is 5.92. The lowest BCUT2D eigenvalue weighted by Crippen LogP contribution is -2.24. The Hall–Kier alpha value is -1.13. The van der Waals surface area contributed by atoms with Crippen LogP contribution in [0, 0.1) is 0 Å². The number of ether oxygens (including phenoxy) is 2. The summed E-state index contributed by atoms with van der Waals surface area (Å²) in [5.41, 5.74) is 6.93. The molecule has 2 unspecified atom stereocenters. The molecule has 0 amide bonds. The lowest BCUT2D eigenvalue weighted by Gasteiger charge is -2.19. The molecule has 1 fully saturated rings. The SMILES string of the molecule is CCC(N)Cc1ccc(OCC2CCC(C)(C)O2)cn1. The Kier molecular flexibility index (Phi) is 5.00. The molecule has 1 aromatic rings. The van der Waals surface area contributed by atoms with Crippen molar-refractivity contribution < 1.29 is 9.47 Å². The van der Waals surface area contributed by atoms with Crippen LogP contribution in [-0.2, 0) is 11.2 Å². The molecule has 1 aliphatic rings. The molecule has 2 heterocycles. The highest BCUT2D eigenvalue weighted by Gasteiger charge is 2.31. The number of hydrogen-bond donors (Lipinski definition) is 1. The van der Waals surface area contributed by atoms with Crippen LogP contribution < -0.4 is 10.5 Å². The number of rotatable bonds is 6. The van der Waals surface area contributed by atoms with E-state index < -0.39 is 0 Å². The van der Waals surface area contributed by atoms with Crippen LogP contribution in [0.5, 0.6) is 5.75 Å². The van der Waals surface area contributed by atoms with Crippen LogP contribution in [0.3, 0.4) is 0 Å². The summed E-state index contributed by atoms with van der Waals surface area (Å²) in [6.45, 7) is 6.94. The number of hydrogen-bond acceptors (Lipinski definition) is 4. The molecule has 1 saturated heterocycles. The van der Waals surface area contributed by atoms with E-state index in [1.807, 2.05) is 12.1 Å². The van der Waals surface area contributed by atoms with Crippen molar-refractivity contribution in [3.05, 3.63) is 24.0 Å².